The highest BCUT2D eigenvalue weighted by Crippen LogP contribution is 2.30. The van der Waals surface area contributed by atoms with Crippen LogP contribution in [0.5, 0.6) is 0 Å². The van der Waals surface area contributed by atoms with Gasteiger partial charge in [-0.05, 0) is 61.4 Å². The maximum absolute atomic E-state index is 6.24. The molecule has 3 unspecified atom stereocenters. The highest BCUT2D eigenvalue weighted by atomic mass is 79.9. The summed E-state index contributed by atoms with van der Waals surface area (Å²) in [5.74, 6) is 0.690. The number of fused-ring (bicyclic) bond motifs is 1. The molecule has 0 saturated carbocycles. The summed E-state index contributed by atoms with van der Waals surface area (Å²) in [7, 11) is 0. The van der Waals surface area contributed by atoms with E-state index in [1.165, 1.54) is 55.2 Å². The van der Waals surface area contributed by atoms with Crippen molar-refractivity contribution < 1.29 is 0 Å². The zero-order chi connectivity index (χ0) is 14.1. The van der Waals surface area contributed by atoms with Crippen LogP contribution in [0, 0.1) is 5.92 Å². The highest BCUT2D eigenvalue weighted by Gasteiger charge is 2.31. The Morgan fingerprint density at radius 3 is 2.95 bits per heavy atom. The third-order valence-corrected chi connectivity index (χ3v) is 5.73. The average Bonchev–Trinajstić information content (AvgIpc) is 2.47. The van der Waals surface area contributed by atoms with Gasteiger partial charge in [-0.1, -0.05) is 35.3 Å². The van der Waals surface area contributed by atoms with E-state index in [1.807, 2.05) is 0 Å². The molecule has 1 heterocycles. The van der Waals surface area contributed by atoms with Gasteiger partial charge in [-0.3, -0.25) is 4.90 Å². The smallest absolute Gasteiger partial charge is 0.0178 e. The van der Waals surface area contributed by atoms with Crippen molar-refractivity contribution >= 4 is 15.9 Å². The summed E-state index contributed by atoms with van der Waals surface area (Å²) >= 11 is 3.58. The van der Waals surface area contributed by atoms with Gasteiger partial charge in [0.25, 0.3) is 0 Å². The Morgan fingerprint density at radius 2 is 2.15 bits per heavy atom. The predicted octanol–water partition coefficient (Wildman–Crippen LogP) is 3.37. The molecule has 1 aliphatic heterocycles. The van der Waals surface area contributed by atoms with Gasteiger partial charge >= 0.3 is 0 Å². The van der Waals surface area contributed by atoms with Gasteiger partial charge in [0.2, 0.25) is 0 Å². The Bertz CT molecular complexity index is 474. The fourth-order valence-electron chi connectivity index (χ4n) is 3.86. The van der Waals surface area contributed by atoms with Crippen molar-refractivity contribution in [2.24, 2.45) is 11.7 Å². The second-order valence-electron chi connectivity index (χ2n) is 6.43. The summed E-state index contributed by atoms with van der Waals surface area (Å²) in [5.41, 5.74) is 9.33. The van der Waals surface area contributed by atoms with Gasteiger partial charge in [-0.2, -0.15) is 0 Å². The lowest BCUT2D eigenvalue weighted by atomic mass is 9.84. The molecule has 0 amide bonds. The summed E-state index contributed by atoms with van der Waals surface area (Å²) in [5, 5.41) is 0. The molecule has 110 valence electrons. The molecule has 1 saturated heterocycles. The van der Waals surface area contributed by atoms with Gasteiger partial charge in [-0.25, -0.2) is 0 Å². The first-order chi connectivity index (χ1) is 9.67. The standard InChI is InChI=1S/C17H25BrN2/c1-2-12-11-20(8-7-17(12)19)16-6-4-13-9-15(18)5-3-14(13)10-16/h3,5,9,12,16-17H,2,4,6-8,10-11,19H2,1H3. The van der Waals surface area contributed by atoms with Crippen molar-refractivity contribution in [1.29, 1.82) is 0 Å². The lowest BCUT2D eigenvalue weighted by Gasteiger charge is -2.42. The fraction of sp³-hybridized carbons (Fsp3) is 0.647. The zero-order valence-electron chi connectivity index (χ0n) is 12.3. The van der Waals surface area contributed by atoms with Crippen LogP contribution in [-0.2, 0) is 12.8 Å². The number of aryl methyl sites for hydroxylation is 1. The van der Waals surface area contributed by atoms with Gasteiger partial charge in [0.1, 0.15) is 0 Å². The molecule has 0 spiro atoms. The first kappa shape index (κ1) is 14.6. The van der Waals surface area contributed by atoms with E-state index in [2.05, 4.69) is 46.0 Å². The topological polar surface area (TPSA) is 29.3 Å². The van der Waals surface area contributed by atoms with Gasteiger partial charge < -0.3 is 5.73 Å². The van der Waals surface area contributed by atoms with E-state index in [4.69, 9.17) is 5.73 Å². The predicted molar refractivity (Wildman–Crippen MR) is 87.9 cm³/mol. The number of rotatable bonds is 2. The van der Waals surface area contributed by atoms with Gasteiger partial charge in [0, 0.05) is 23.1 Å². The fourth-order valence-corrected chi connectivity index (χ4v) is 4.27. The molecular formula is C17H25BrN2. The van der Waals surface area contributed by atoms with Crippen LogP contribution >= 0.6 is 15.9 Å². The lowest BCUT2D eigenvalue weighted by molar-refractivity contribution is 0.0983. The largest absolute Gasteiger partial charge is 0.327 e. The third kappa shape index (κ3) is 2.95. The zero-order valence-corrected chi connectivity index (χ0v) is 13.9. The molecule has 0 bridgehead atoms. The number of likely N-dealkylation sites (tertiary alicyclic amines) is 1. The molecule has 1 fully saturated rings. The Hall–Kier alpha value is -0.380. The minimum Gasteiger partial charge on any atom is -0.327 e. The van der Waals surface area contributed by atoms with Gasteiger partial charge in [0.05, 0.1) is 0 Å². The highest BCUT2D eigenvalue weighted by molar-refractivity contribution is 9.10. The van der Waals surface area contributed by atoms with Crippen LogP contribution in [0.25, 0.3) is 0 Å². The van der Waals surface area contributed by atoms with Crippen molar-refractivity contribution in [3.05, 3.63) is 33.8 Å². The van der Waals surface area contributed by atoms with E-state index in [0.717, 1.165) is 6.04 Å². The molecule has 1 aliphatic carbocycles. The normalized spacial score (nSPS) is 31.1. The first-order valence-electron chi connectivity index (χ1n) is 7.94. The Labute approximate surface area is 130 Å². The number of halogens is 1. The van der Waals surface area contributed by atoms with Crippen LogP contribution in [0.15, 0.2) is 22.7 Å². The average molecular weight is 337 g/mol. The van der Waals surface area contributed by atoms with Crippen molar-refractivity contribution in [2.75, 3.05) is 13.1 Å². The summed E-state index contributed by atoms with van der Waals surface area (Å²) in [6, 6.07) is 7.93. The molecule has 3 rings (SSSR count). The van der Waals surface area contributed by atoms with Crippen LogP contribution in [0.2, 0.25) is 0 Å². The second kappa shape index (κ2) is 6.17. The number of nitrogens with two attached hydrogens (primary N) is 1. The van der Waals surface area contributed by atoms with E-state index in [1.54, 1.807) is 5.56 Å². The van der Waals surface area contributed by atoms with Crippen molar-refractivity contribution in [3.8, 4) is 0 Å². The van der Waals surface area contributed by atoms with E-state index in [-0.39, 0.29) is 0 Å². The Morgan fingerprint density at radius 1 is 1.30 bits per heavy atom. The molecule has 2 N–H and O–H groups in total. The van der Waals surface area contributed by atoms with E-state index >= 15 is 0 Å². The molecule has 20 heavy (non-hydrogen) atoms. The molecule has 0 radical (unpaired) electrons. The second-order valence-corrected chi connectivity index (χ2v) is 7.34. The molecule has 0 aromatic heterocycles. The summed E-state index contributed by atoms with van der Waals surface area (Å²) in [6.45, 7) is 4.67. The monoisotopic (exact) mass is 336 g/mol. The van der Waals surface area contributed by atoms with Crippen LogP contribution in [0.4, 0.5) is 0 Å². The van der Waals surface area contributed by atoms with Crippen molar-refractivity contribution in [3.63, 3.8) is 0 Å². The van der Waals surface area contributed by atoms with E-state index in [9.17, 15) is 0 Å². The number of benzene rings is 1. The molecule has 3 heteroatoms. The number of hydrogen-bond acceptors (Lipinski definition) is 2. The van der Waals surface area contributed by atoms with Gasteiger partial charge in [-0.15, -0.1) is 0 Å². The third-order valence-electron chi connectivity index (χ3n) is 5.24. The molecule has 2 aliphatic rings. The van der Waals surface area contributed by atoms with Crippen molar-refractivity contribution in [2.45, 2.75) is 51.1 Å². The summed E-state index contributed by atoms with van der Waals surface area (Å²) < 4.78 is 1.21. The van der Waals surface area contributed by atoms with Crippen LogP contribution in [0.1, 0.15) is 37.3 Å². The minimum absolute atomic E-state index is 0.420. The number of piperidine rings is 1. The SMILES string of the molecule is CCC1CN(C2CCc3cc(Br)ccc3C2)CCC1N. The first-order valence-corrected chi connectivity index (χ1v) is 8.73. The molecule has 2 nitrogen and oxygen atoms in total. The van der Waals surface area contributed by atoms with Gasteiger partial charge in [0.15, 0.2) is 0 Å². The summed E-state index contributed by atoms with van der Waals surface area (Å²) in [4.78, 5) is 2.71. The summed E-state index contributed by atoms with van der Waals surface area (Å²) in [6.07, 6.45) is 6.12. The Balaban J connectivity index is 1.69. The number of nitrogens with zero attached hydrogens (tertiary/aromatic N) is 1. The molecule has 1 aromatic carbocycles. The quantitative estimate of drug-likeness (QED) is 0.897. The Kier molecular flexibility index (Phi) is 4.49. The maximum atomic E-state index is 6.24. The minimum atomic E-state index is 0.420. The lowest BCUT2D eigenvalue weighted by Crippen LogP contribution is -2.51. The molecule has 3 atom stereocenters. The van der Waals surface area contributed by atoms with Crippen LogP contribution in [-0.4, -0.2) is 30.1 Å². The molecule has 1 aromatic rings. The number of hydrogen-bond donors (Lipinski definition) is 1. The van der Waals surface area contributed by atoms with Crippen LogP contribution < -0.4 is 5.73 Å². The van der Waals surface area contributed by atoms with E-state index in [0.29, 0.717) is 12.0 Å². The maximum Gasteiger partial charge on any atom is 0.0178 e. The van der Waals surface area contributed by atoms with Crippen molar-refractivity contribution in [1.82, 2.24) is 4.90 Å². The molecular weight excluding hydrogens is 312 g/mol. The van der Waals surface area contributed by atoms with E-state index < -0.39 is 0 Å². The van der Waals surface area contributed by atoms with Crippen LogP contribution in [0.3, 0.4) is 0 Å².